The van der Waals surface area contributed by atoms with Crippen LogP contribution < -0.4 is 5.56 Å². The maximum atomic E-state index is 13.1. The summed E-state index contributed by atoms with van der Waals surface area (Å²) in [5.74, 6) is 0.353. The molecule has 0 spiro atoms. The minimum atomic E-state index is -3.53. The van der Waals surface area contributed by atoms with Gasteiger partial charge in [0.2, 0.25) is 15.0 Å². The zero-order valence-corrected chi connectivity index (χ0v) is 21.3. The molecule has 1 fully saturated rings. The first-order chi connectivity index (χ1) is 16.8. The van der Waals surface area contributed by atoms with Crippen LogP contribution in [0.15, 0.2) is 70.4 Å². The lowest BCUT2D eigenvalue weighted by Gasteiger charge is -2.33. The molecule has 8 nitrogen and oxygen atoms in total. The predicted octanol–water partition coefficient (Wildman–Crippen LogP) is 3.45. The summed E-state index contributed by atoms with van der Waals surface area (Å²) in [6, 6.07) is 18.4. The van der Waals surface area contributed by atoms with Crippen molar-refractivity contribution in [2.45, 2.75) is 31.2 Å². The van der Waals surface area contributed by atoms with E-state index in [0.29, 0.717) is 54.2 Å². The summed E-state index contributed by atoms with van der Waals surface area (Å²) >= 11 is 1.38. The quantitative estimate of drug-likeness (QED) is 0.396. The van der Waals surface area contributed by atoms with Gasteiger partial charge >= 0.3 is 0 Å². The Bertz CT molecular complexity index is 1490. The van der Waals surface area contributed by atoms with Gasteiger partial charge in [0.25, 0.3) is 5.56 Å². The monoisotopic (exact) mass is 509 g/mol. The van der Waals surface area contributed by atoms with Crippen molar-refractivity contribution in [3.63, 3.8) is 0 Å². The minimum absolute atomic E-state index is 0.213. The van der Waals surface area contributed by atoms with Crippen LogP contribution in [-0.2, 0) is 16.6 Å². The molecule has 0 radical (unpaired) electrons. The summed E-state index contributed by atoms with van der Waals surface area (Å²) < 4.78 is 29.1. The number of rotatable bonds is 6. The van der Waals surface area contributed by atoms with Crippen LogP contribution in [0, 0.1) is 0 Å². The molecule has 2 aromatic carbocycles. The lowest BCUT2D eigenvalue weighted by atomic mass is 10.0. The molecule has 0 saturated carbocycles. The third kappa shape index (κ3) is 4.92. The van der Waals surface area contributed by atoms with Crippen molar-refractivity contribution in [3.8, 4) is 10.6 Å². The lowest BCUT2D eigenvalue weighted by molar-refractivity contribution is 0.180. The van der Waals surface area contributed by atoms with Crippen LogP contribution in [0.3, 0.4) is 0 Å². The molecule has 35 heavy (non-hydrogen) atoms. The molecular weight excluding hydrogens is 482 g/mol. The molecule has 0 atom stereocenters. The molecule has 1 aliphatic rings. The van der Waals surface area contributed by atoms with Gasteiger partial charge in [0.15, 0.2) is 0 Å². The van der Waals surface area contributed by atoms with Gasteiger partial charge in [0, 0.05) is 44.4 Å². The van der Waals surface area contributed by atoms with E-state index in [1.54, 1.807) is 12.1 Å². The highest BCUT2D eigenvalue weighted by molar-refractivity contribution is 7.89. The fraction of sp³-hybridized carbons (Fsp3) is 0.320. The second kappa shape index (κ2) is 9.62. The Hall–Kier alpha value is -2.92. The van der Waals surface area contributed by atoms with Crippen LogP contribution in [0.5, 0.6) is 0 Å². The van der Waals surface area contributed by atoms with E-state index in [0.717, 1.165) is 16.1 Å². The lowest BCUT2D eigenvalue weighted by Crippen LogP contribution is -2.48. The van der Waals surface area contributed by atoms with E-state index in [1.807, 2.05) is 42.5 Å². The molecule has 2 aromatic heterocycles. The fourth-order valence-corrected chi connectivity index (χ4v) is 6.52. The summed E-state index contributed by atoms with van der Waals surface area (Å²) in [6.45, 7) is 6.59. The number of sulfonamides is 1. The second-order valence-corrected chi connectivity index (χ2v) is 11.9. The first-order valence-corrected chi connectivity index (χ1v) is 13.8. The van der Waals surface area contributed by atoms with Gasteiger partial charge in [-0.2, -0.15) is 13.9 Å². The Balaban J connectivity index is 1.27. The molecule has 1 aliphatic heterocycles. The zero-order valence-electron chi connectivity index (χ0n) is 19.7. The van der Waals surface area contributed by atoms with Gasteiger partial charge in [0.1, 0.15) is 5.01 Å². The van der Waals surface area contributed by atoms with Gasteiger partial charge in [-0.25, -0.2) is 13.4 Å². The van der Waals surface area contributed by atoms with Crippen LogP contribution in [0.25, 0.3) is 15.5 Å². The number of aromatic nitrogens is 3. The molecule has 4 aromatic rings. The number of hydrogen-bond acceptors (Lipinski definition) is 7. The Kier molecular flexibility index (Phi) is 6.54. The normalized spacial score (nSPS) is 15.7. The summed E-state index contributed by atoms with van der Waals surface area (Å²) in [5.41, 5.74) is 2.51. The van der Waals surface area contributed by atoms with Gasteiger partial charge in [-0.15, -0.1) is 0 Å². The van der Waals surface area contributed by atoms with E-state index >= 15 is 0 Å². The fourth-order valence-electron chi connectivity index (χ4n) is 4.17. The molecule has 0 unspecified atom stereocenters. The predicted molar refractivity (Wildman–Crippen MR) is 137 cm³/mol. The highest BCUT2D eigenvalue weighted by atomic mass is 32.2. The standard InChI is InChI=1S/C25H27N5O3S2/c1-18(2)19-8-10-22(11-9-19)35(32,33)29-14-12-28(13-15-29)17-21-16-23(31)30-25(26-21)34-24(27-30)20-6-4-3-5-7-20/h3-11,16,18H,12-15,17H2,1-2H3. The first kappa shape index (κ1) is 23.8. The highest BCUT2D eigenvalue weighted by Crippen LogP contribution is 2.24. The largest absolute Gasteiger partial charge is 0.295 e. The number of hydrogen-bond donors (Lipinski definition) is 0. The number of piperazine rings is 1. The van der Waals surface area contributed by atoms with E-state index < -0.39 is 10.0 Å². The molecule has 0 bridgehead atoms. The first-order valence-electron chi connectivity index (χ1n) is 11.6. The van der Waals surface area contributed by atoms with Crippen LogP contribution in [-0.4, -0.2) is 58.4 Å². The van der Waals surface area contributed by atoms with E-state index in [-0.39, 0.29) is 5.56 Å². The van der Waals surface area contributed by atoms with Crippen LogP contribution in [0.1, 0.15) is 31.0 Å². The molecule has 0 aliphatic carbocycles. The van der Waals surface area contributed by atoms with Gasteiger partial charge in [0.05, 0.1) is 10.6 Å². The molecule has 3 heterocycles. The van der Waals surface area contributed by atoms with Crippen molar-refractivity contribution in [2.75, 3.05) is 26.2 Å². The van der Waals surface area contributed by atoms with E-state index in [4.69, 9.17) is 0 Å². The summed E-state index contributed by atoms with van der Waals surface area (Å²) in [7, 11) is -3.53. The van der Waals surface area contributed by atoms with Crippen molar-refractivity contribution >= 4 is 26.3 Å². The third-order valence-electron chi connectivity index (χ3n) is 6.22. The van der Waals surface area contributed by atoms with E-state index in [9.17, 15) is 13.2 Å². The average molecular weight is 510 g/mol. The molecule has 0 amide bonds. The van der Waals surface area contributed by atoms with Gasteiger partial charge in [-0.05, 0) is 23.6 Å². The van der Waals surface area contributed by atoms with Gasteiger partial charge in [-0.3, -0.25) is 9.69 Å². The smallest absolute Gasteiger partial charge is 0.275 e. The van der Waals surface area contributed by atoms with Crippen molar-refractivity contribution in [2.24, 2.45) is 0 Å². The summed E-state index contributed by atoms with van der Waals surface area (Å²) in [4.78, 5) is 20.3. The summed E-state index contributed by atoms with van der Waals surface area (Å²) in [5, 5.41) is 5.17. The van der Waals surface area contributed by atoms with E-state index in [2.05, 4.69) is 28.8 Å². The van der Waals surface area contributed by atoms with Crippen molar-refractivity contribution < 1.29 is 8.42 Å². The Morgan fingerprint density at radius 1 is 0.971 bits per heavy atom. The maximum Gasteiger partial charge on any atom is 0.275 e. The SMILES string of the molecule is CC(C)c1ccc(S(=O)(=O)N2CCN(Cc3cc(=O)n4nc(-c5ccccc5)sc4n3)CC2)cc1. The van der Waals surface area contributed by atoms with Crippen molar-refractivity contribution in [1.82, 2.24) is 23.8 Å². The molecule has 1 saturated heterocycles. The minimum Gasteiger partial charge on any atom is -0.295 e. The number of nitrogens with zero attached hydrogens (tertiary/aromatic N) is 5. The van der Waals surface area contributed by atoms with Crippen LogP contribution in [0.4, 0.5) is 0 Å². The molecular formula is C25H27N5O3S2. The third-order valence-corrected chi connectivity index (χ3v) is 9.09. The van der Waals surface area contributed by atoms with Crippen LogP contribution >= 0.6 is 11.3 Å². The van der Waals surface area contributed by atoms with Crippen molar-refractivity contribution in [3.05, 3.63) is 82.3 Å². The second-order valence-electron chi connectivity index (χ2n) is 8.96. The topological polar surface area (TPSA) is 87.9 Å². The molecule has 0 N–H and O–H groups in total. The highest BCUT2D eigenvalue weighted by Gasteiger charge is 2.28. The van der Waals surface area contributed by atoms with Crippen molar-refractivity contribution in [1.29, 1.82) is 0 Å². The average Bonchev–Trinajstić information content (AvgIpc) is 3.30. The maximum absolute atomic E-state index is 13.1. The Labute approximate surface area is 208 Å². The summed E-state index contributed by atoms with van der Waals surface area (Å²) in [6.07, 6.45) is 0. The molecule has 182 valence electrons. The van der Waals surface area contributed by atoms with E-state index in [1.165, 1.54) is 26.2 Å². The molecule has 10 heteroatoms. The van der Waals surface area contributed by atoms with Gasteiger partial charge in [-0.1, -0.05) is 67.6 Å². The van der Waals surface area contributed by atoms with Crippen LogP contribution in [0.2, 0.25) is 0 Å². The Morgan fingerprint density at radius 2 is 1.66 bits per heavy atom. The number of fused-ring (bicyclic) bond motifs is 1. The number of benzene rings is 2. The zero-order chi connectivity index (χ0) is 24.6. The van der Waals surface area contributed by atoms with Gasteiger partial charge < -0.3 is 0 Å². The molecule has 5 rings (SSSR count). The Morgan fingerprint density at radius 3 is 2.31 bits per heavy atom.